The molecular formula is C19H21N5O4. The highest BCUT2D eigenvalue weighted by Gasteiger charge is 2.31. The predicted octanol–water partition coefficient (Wildman–Crippen LogP) is 1.73. The van der Waals surface area contributed by atoms with Gasteiger partial charge < -0.3 is 15.2 Å². The van der Waals surface area contributed by atoms with Crippen LogP contribution in [0.2, 0.25) is 0 Å². The first-order valence-electron chi connectivity index (χ1n) is 8.64. The van der Waals surface area contributed by atoms with Crippen LogP contribution in [0.25, 0.3) is 16.6 Å². The number of amides is 1. The molecule has 1 atom stereocenters. The molecule has 1 aromatic carbocycles. The van der Waals surface area contributed by atoms with Crippen molar-refractivity contribution < 1.29 is 19.4 Å². The van der Waals surface area contributed by atoms with Gasteiger partial charge in [0.25, 0.3) is 5.91 Å². The van der Waals surface area contributed by atoms with Gasteiger partial charge in [0.2, 0.25) is 0 Å². The Hall–Kier alpha value is -3.33. The van der Waals surface area contributed by atoms with Crippen LogP contribution < -0.4 is 5.32 Å². The Bertz CT molecular complexity index is 1030. The Labute approximate surface area is 161 Å². The minimum atomic E-state index is -1.07. The van der Waals surface area contributed by atoms with Gasteiger partial charge in [0, 0.05) is 18.7 Å². The number of fused-ring (bicyclic) bond motifs is 1. The van der Waals surface area contributed by atoms with E-state index in [1.54, 1.807) is 24.7 Å². The van der Waals surface area contributed by atoms with Gasteiger partial charge in [0.05, 0.1) is 35.5 Å². The Morgan fingerprint density at radius 1 is 1.32 bits per heavy atom. The molecule has 0 bridgehead atoms. The Morgan fingerprint density at radius 3 is 2.82 bits per heavy atom. The number of pyridine rings is 1. The minimum absolute atomic E-state index is 0.0515. The third-order valence-electron chi connectivity index (χ3n) is 4.36. The fourth-order valence-corrected chi connectivity index (χ4v) is 3.10. The van der Waals surface area contributed by atoms with Crippen LogP contribution in [-0.4, -0.2) is 56.2 Å². The smallest absolute Gasteiger partial charge is 0.305 e. The highest BCUT2D eigenvalue weighted by molar-refractivity contribution is 5.94. The van der Waals surface area contributed by atoms with Crippen LogP contribution >= 0.6 is 0 Å². The van der Waals surface area contributed by atoms with Crippen molar-refractivity contribution in [2.75, 3.05) is 13.7 Å². The Kier molecular flexibility index (Phi) is 5.36. The van der Waals surface area contributed by atoms with Crippen LogP contribution in [0.4, 0.5) is 0 Å². The summed E-state index contributed by atoms with van der Waals surface area (Å²) >= 11 is 0. The predicted molar refractivity (Wildman–Crippen MR) is 101 cm³/mol. The molecule has 1 unspecified atom stereocenters. The fraction of sp³-hybridized carbons (Fsp3) is 0.316. The van der Waals surface area contributed by atoms with Gasteiger partial charge in [0.15, 0.2) is 5.69 Å². The highest BCUT2D eigenvalue weighted by Crippen LogP contribution is 2.19. The van der Waals surface area contributed by atoms with Gasteiger partial charge >= 0.3 is 5.97 Å². The maximum atomic E-state index is 12.7. The largest absolute Gasteiger partial charge is 0.481 e. The first-order valence-corrected chi connectivity index (χ1v) is 8.64. The number of hydrogen-bond donors (Lipinski definition) is 2. The van der Waals surface area contributed by atoms with E-state index < -0.39 is 17.4 Å². The highest BCUT2D eigenvalue weighted by atomic mass is 16.5. The summed E-state index contributed by atoms with van der Waals surface area (Å²) in [7, 11) is 1.45. The molecule has 9 heteroatoms. The molecule has 28 heavy (non-hydrogen) atoms. The third kappa shape index (κ3) is 3.99. The topological polar surface area (TPSA) is 119 Å². The maximum absolute atomic E-state index is 12.7. The van der Waals surface area contributed by atoms with E-state index in [9.17, 15) is 9.59 Å². The molecule has 2 heterocycles. The fourth-order valence-electron chi connectivity index (χ4n) is 3.10. The van der Waals surface area contributed by atoms with E-state index in [2.05, 4.69) is 20.6 Å². The van der Waals surface area contributed by atoms with Crippen molar-refractivity contribution in [3.63, 3.8) is 0 Å². The first-order chi connectivity index (χ1) is 13.3. The minimum Gasteiger partial charge on any atom is -0.481 e. The lowest BCUT2D eigenvalue weighted by Gasteiger charge is -2.28. The van der Waals surface area contributed by atoms with Crippen LogP contribution in [0, 0.1) is 6.92 Å². The van der Waals surface area contributed by atoms with Crippen molar-refractivity contribution >= 4 is 22.8 Å². The molecule has 146 valence electrons. The van der Waals surface area contributed by atoms with Crippen molar-refractivity contribution in [3.8, 4) is 5.69 Å². The molecule has 0 aliphatic carbocycles. The van der Waals surface area contributed by atoms with Crippen LogP contribution in [0.5, 0.6) is 0 Å². The number of carbonyl (C=O) groups excluding carboxylic acids is 1. The summed E-state index contributed by atoms with van der Waals surface area (Å²) in [5.41, 5.74) is 1.19. The third-order valence-corrected chi connectivity index (χ3v) is 4.36. The quantitative estimate of drug-likeness (QED) is 0.638. The summed E-state index contributed by atoms with van der Waals surface area (Å²) in [6.45, 7) is 3.39. The summed E-state index contributed by atoms with van der Waals surface area (Å²) in [4.78, 5) is 28.1. The van der Waals surface area contributed by atoms with Crippen LogP contribution in [0.3, 0.4) is 0 Å². The summed E-state index contributed by atoms with van der Waals surface area (Å²) in [5, 5.41) is 20.8. The van der Waals surface area contributed by atoms with Gasteiger partial charge in [-0.25, -0.2) is 4.68 Å². The number of carboxylic acid groups (broad SMARTS) is 1. The number of hydrogen-bond acceptors (Lipinski definition) is 6. The zero-order valence-corrected chi connectivity index (χ0v) is 15.8. The average Bonchev–Trinajstić information content (AvgIpc) is 3.02. The lowest BCUT2D eigenvalue weighted by Crippen LogP contribution is -2.51. The molecule has 3 aromatic rings. The number of nitrogens with zero attached hydrogens (tertiary/aromatic N) is 4. The van der Waals surface area contributed by atoms with Gasteiger partial charge in [0.1, 0.15) is 0 Å². The second-order valence-corrected chi connectivity index (χ2v) is 6.83. The van der Waals surface area contributed by atoms with E-state index in [0.29, 0.717) is 5.69 Å². The number of rotatable bonds is 7. The van der Waals surface area contributed by atoms with E-state index in [-0.39, 0.29) is 18.7 Å². The number of benzene rings is 1. The normalized spacial score (nSPS) is 13.2. The molecule has 9 nitrogen and oxygen atoms in total. The zero-order valence-electron chi connectivity index (χ0n) is 15.8. The van der Waals surface area contributed by atoms with Gasteiger partial charge in [-0.15, -0.1) is 5.10 Å². The zero-order chi connectivity index (χ0) is 20.3. The molecule has 0 fully saturated rings. The number of carbonyl (C=O) groups is 2. The van der Waals surface area contributed by atoms with E-state index in [0.717, 1.165) is 16.6 Å². The van der Waals surface area contributed by atoms with Gasteiger partial charge in [-0.2, -0.15) is 0 Å². The molecule has 2 N–H and O–H groups in total. The van der Waals surface area contributed by atoms with Gasteiger partial charge in [-0.1, -0.05) is 11.3 Å². The van der Waals surface area contributed by atoms with Crippen LogP contribution in [-0.2, 0) is 9.53 Å². The molecule has 0 radical (unpaired) electrons. The van der Waals surface area contributed by atoms with Crippen LogP contribution in [0.1, 0.15) is 29.5 Å². The molecular weight excluding hydrogens is 362 g/mol. The summed E-state index contributed by atoms with van der Waals surface area (Å²) in [5.74, 6) is -1.54. The molecule has 3 rings (SSSR count). The Balaban J connectivity index is 1.88. The van der Waals surface area contributed by atoms with E-state index in [1.807, 2.05) is 30.3 Å². The van der Waals surface area contributed by atoms with Crippen molar-refractivity contribution in [1.82, 2.24) is 25.3 Å². The van der Waals surface area contributed by atoms with Gasteiger partial charge in [-0.05, 0) is 38.1 Å². The lowest BCUT2D eigenvalue weighted by molar-refractivity contribution is -0.139. The SMILES string of the molecule is COCC(C)(CC(=O)O)NC(=O)c1nnn(-c2ccc3ncccc3c2)c1C. The first kappa shape index (κ1) is 19.4. The monoisotopic (exact) mass is 383 g/mol. The number of nitrogens with one attached hydrogen (secondary N) is 1. The average molecular weight is 383 g/mol. The van der Waals surface area contributed by atoms with Crippen molar-refractivity contribution in [2.45, 2.75) is 25.8 Å². The molecule has 0 saturated heterocycles. The standard InChI is InChI=1S/C19H21N5O4/c1-12-17(18(27)21-19(2,11-28-3)10-16(25)26)22-23-24(12)14-6-7-15-13(9-14)5-4-8-20-15/h4-9H,10-11H2,1-3H3,(H,21,27)(H,25,26). The second kappa shape index (κ2) is 7.73. The van der Waals surface area contributed by atoms with E-state index in [4.69, 9.17) is 9.84 Å². The molecule has 0 saturated carbocycles. The molecule has 0 spiro atoms. The second-order valence-electron chi connectivity index (χ2n) is 6.83. The summed E-state index contributed by atoms with van der Waals surface area (Å²) in [6, 6.07) is 9.41. The molecule has 0 aliphatic heterocycles. The van der Waals surface area contributed by atoms with Gasteiger partial charge in [-0.3, -0.25) is 14.6 Å². The van der Waals surface area contributed by atoms with E-state index in [1.165, 1.54) is 7.11 Å². The number of aromatic nitrogens is 4. The number of methoxy groups -OCH3 is 1. The lowest BCUT2D eigenvalue weighted by atomic mass is 9.98. The number of ether oxygens (including phenoxy) is 1. The van der Waals surface area contributed by atoms with Crippen molar-refractivity contribution in [3.05, 3.63) is 47.9 Å². The molecule has 2 aromatic heterocycles. The Morgan fingerprint density at radius 2 is 2.11 bits per heavy atom. The van der Waals surface area contributed by atoms with E-state index >= 15 is 0 Å². The number of aliphatic carboxylic acids is 1. The summed E-state index contributed by atoms with van der Waals surface area (Å²) in [6.07, 6.45) is 1.44. The molecule has 1 amide bonds. The van der Waals surface area contributed by atoms with Crippen molar-refractivity contribution in [1.29, 1.82) is 0 Å². The summed E-state index contributed by atoms with van der Waals surface area (Å²) < 4.78 is 6.63. The van der Waals surface area contributed by atoms with Crippen LogP contribution in [0.15, 0.2) is 36.5 Å². The van der Waals surface area contributed by atoms with Crippen molar-refractivity contribution in [2.24, 2.45) is 0 Å². The molecule has 0 aliphatic rings. The maximum Gasteiger partial charge on any atom is 0.305 e. The number of carboxylic acids is 1.